The number of rotatable bonds is 3. The molecule has 0 atom stereocenters. The second-order valence-corrected chi connectivity index (χ2v) is 7.43. The van der Waals surface area contributed by atoms with E-state index in [1.165, 1.54) is 0 Å². The van der Waals surface area contributed by atoms with E-state index in [9.17, 15) is 4.79 Å². The maximum atomic E-state index is 12.4. The van der Waals surface area contributed by atoms with E-state index < -0.39 is 0 Å². The molecule has 0 aliphatic carbocycles. The maximum Gasteiger partial charge on any atom is 0.259 e. The molecule has 2 heterocycles. The zero-order valence-corrected chi connectivity index (χ0v) is 16.2. The lowest BCUT2D eigenvalue weighted by atomic mass is 10.1. The Morgan fingerprint density at radius 1 is 1.12 bits per heavy atom. The van der Waals surface area contributed by atoms with Gasteiger partial charge in [0.25, 0.3) is 5.56 Å². The summed E-state index contributed by atoms with van der Waals surface area (Å²) in [6.07, 6.45) is 0.347. The average Bonchev–Trinajstić information content (AvgIpc) is 3.05. The highest BCUT2D eigenvalue weighted by Crippen LogP contribution is 2.24. The third-order valence-corrected chi connectivity index (χ3v) is 4.95. The number of nitrogens with one attached hydrogen (secondary N) is 1. The van der Waals surface area contributed by atoms with E-state index >= 15 is 0 Å². The highest BCUT2D eigenvalue weighted by Gasteiger charge is 2.15. The molecule has 2 aromatic carbocycles. The molecule has 0 unspecified atom stereocenters. The van der Waals surface area contributed by atoms with E-state index in [4.69, 9.17) is 27.7 Å². The Labute approximate surface area is 166 Å². The van der Waals surface area contributed by atoms with Crippen LogP contribution in [-0.4, -0.2) is 15.1 Å². The SMILES string of the molecule is O=c1[nH]c2ccc(Br)cc2cc1-c1noc(Cc2ccc(Cl)cc2Cl)n1. The van der Waals surface area contributed by atoms with Crippen LogP contribution in [0.3, 0.4) is 0 Å². The Balaban J connectivity index is 1.70. The predicted octanol–water partition coefficient (Wildman–Crippen LogP) is 5.24. The Kier molecular flexibility index (Phi) is 4.56. The fourth-order valence-corrected chi connectivity index (χ4v) is 3.46. The summed E-state index contributed by atoms with van der Waals surface area (Å²) in [6.45, 7) is 0. The van der Waals surface area contributed by atoms with E-state index in [2.05, 4.69) is 31.1 Å². The highest BCUT2D eigenvalue weighted by molar-refractivity contribution is 9.10. The largest absolute Gasteiger partial charge is 0.339 e. The van der Waals surface area contributed by atoms with Gasteiger partial charge in [0, 0.05) is 25.4 Å². The molecule has 0 aliphatic heterocycles. The standard InChI is InChI=1S/C18H10BrCl2N3O2/c19-11-2-4-15-10(5-11)6-13(18(25)22-15)17-23-16(26-24-17)7-9-1-3-12(20)8-14(9)21/h1-6,8H,7H2,(H,22,25). The van der Waals surface area contributed by atoms with Gasteiger partial charge in [0.1, 0.15) is 0 Å². The molecule has 0 bridgehead atoms. The Morgan fingerprint density at radius 3 is 2.77 bits per heavy atom. The van der Waals surface area contributed by atoms with Crippen molar-refractivity contribution in [1.29, 1.82) is 0 Å². The van der Waals surface area contributed by atoms with Crippen LogP contribution < -0.4 is 5.56 Å². The molecule has 0 saturated heterocycles. The number of nitrogens with zero attached hydrogens (tertiary/aromatic N) is 2. The van der Waals surface area contributed by atoms with Crippen LogP contribution in [0, 0.1) is 0 Å². The Hall–Kier alpha value is -2.15. The second-order valence-electron chi connectivity index (χ2n) is 5.67. The minimum Gasteiger partial charge on any atom is -0.339 e. The van der Waals surface area contributed by atoms with Gasteiger partial charge in [-0.15, -0.1) is 0 Å². The lowest BCUT2D eigenvalue weighted by molar-refractivity contribution is 0.385. The van der Waals surface area contributed by atoms with Crippen molar-refractivity contribution in [1.82, 2.24) is 15.1 Å². The van der Waals surface area contributed by atoms with Crippen molar-refractivity contribution >= 4 is 50.0 Å². The summed E-state index contributed by atoms with van der Waals surface area (Å²) < 4.78 is 6.20. The first-order valence-corrected chi connectivity index (χ1v) is 9.14. The number of pyridine rings is 1. The van der Waals surface area contributed by atoms with Gasteiger partial charge in [-0.25, -0.2) is 0 Å². The van der Waals surface area contributed by atoms with Gasteiger partial charge in [-0.2, -0.15) is 4.98 Å². The van der Waals surface area contributed by atoms with Gasteiger partial charge in [-0.1, -0.05) is 50.4 Å². The fraction of sp³-hybridized carbons (Fsp3) is 0.0556. The molecule has 1 N–H and O–H groups in total. The van der Waals surface area contributed by atoms with Gasteiger partial charge >= 0.3 is 0 Å². The quantitative estimate of drug-likeness (QED) is 0.463. The molecule has 0 aliphatic rings. The average molecular weight is 451 g/mol. The smallest absolute Gasteiger partial charge is 0.259 e. The van der Waals surface area contributed by atoms with Gasteiger partial charge in [-0.3, -0.25) is 4.79 Å². The molecule has 0 amide bonds. The van der Waals surface area contributed by atoms with Crippen LogP contribution >= 0.6 is 39.1 Å². The lowest BCUT2D eigenvalue weighted by Crippen LogP contribution is -2.09. The summed E-state index contributed by atoms with van der Waals surface area (Å²) in [7, 11) is 0. The molecule has 130 valence electrons. The zero-order valence-electron chi connectivity index (χ0n) is 13.1. The van der Waals surface area contributed by atoms with E-state index in [1.807, 2.05) is 18.2 Å². The van der Waals surface area contributed by atoms with E-state index in [0.717, 1.165) is 20.9 Å². The molecule has 0 spiro atoms. The molecule has 4 rings (SSSR count). The van der Waals surface area contributed by atoms with Crippen molar-refractivity contribution in [3.63, 3.8) is 0 Å². The van der Waals surface area contributed by atoms with Crippen LogP contribution in [0.2, 0.25) is 10.0 Å². The summed E-state index contributed by atoms with van der Waals surface area (Å²) in [5.74, 6) is 0.589. The van der Waals surface area contributed by atoms with Crippen LogP contribution in [0.5, 0.6) is 0 Å². The second kappa shape index (κ2) is 6.87. The van der Waals surface area contributed by atoms with Crippen LogP contribution in [0.15, 0.2) is 56.3 Å². The summed E-state index contributed by atoms with van der Waals surface area (Å²) >= 11 is 15.5. The minimum atomic E-state index is -0.281. The zero-order chi connectivity index (χ0) is 18.3. The molecule has 26 heavy (non-hydrogen) atoms. The lowest BCUT2D eigenvalue weighted by Gasteiger charge is -2.01. The van der Waals surface area contributed by atoms with Crippen molar-refractivity contribution < 1.29 is 4.52 Å². The molecule has 0 fully saturated rings. The number of aromatic nitrogens is 3. The number of benzene rings is 2. The first-order chi connectivity index (χ1) is 12.5. The molecule has 4 aromatic rings. The van der Waals surface area contributed by atoms with Crippen LogP contribution in [-0.2, 0) is 6.42 Å². The van der Waals surface area contributed by atoms with Crippen molar-refractivity contribution in [3.05, 3.63) is 78.8 Å². The van der Waals surface area contributed by atoms with Crippen molar-refractivity contribution in [2.75, 3.05) is 0 Å². The summed E-state index contributed by atoms with van der Waals surface area (Å²) in [4.78, 5) is 19.5. The van der Waals surface area contributed by atoms with Crippen LogP contribution in [0.25, 0.3) is 22.3 Å². The summed E-state index contributed by atoms with van der Waals surface area (Å²) in [5, 5.41) is 5.87. The van der Waals surface area contributed by atoms with E-state index in [0.29, 0.717) is 27.9 Å². The number of H-pyrrole nitrogens is 1. The van der Waals surface area contributed by atoms with E-state index in [1.54, 1.807) is 24.3 Å². The van der Waals surface area contributed by atoms with Crippen LogP contribution in [0.4, 0.5) is 0 Å². The molecule has 0 radical (unpaired) electrons. The number of hydrogen-bond acceptors (Lipinski definition) is 4. The molecule has 0 saturated carbocycles. The van der Waals surface area contributed by atoms with Crippen molar-refractivity contribution in [2.24, 2.45) is 0 Å². The molecule has 2 aromatic heterocycles. The summed E-state index contributed by atoms with van der Waals surface area (Å²) in [5.41, 5.74) is 1.60. The normalized spacial score (nSPS) is 11.2. The third kappa shape index (κ3) is 3.40. The number of aromatic amines is 1. The van der Waals surface area contributed by atoms with E-state index in [-0.39, 0.29) is 11.4 Å². The number of halogens is 3. The Morgan fingerprint density at radius 2 is 1.96 bits per heavy atom. The summed E-state index contributed by atoms with van der Waals surface area (Å²) in [6, 6.07) is 12.5. The topological polar surface area (TPSA) is 71.8 Å². The fourth-order valence-electron chi connectivity index (χ4n) is 2.61. The molecule has 5 nitrogen and oxygen atoms in total. The highest BCUT2D eigenvalue weighted by atomic mass is 79.9. The minimum absolute atomic E-state index is 0.230. The third-order valence-electron chi connectivity index (χ3n) is 3.87. The first-order valence-electron chi connectivity index (χ1n) is 7.59. The van der Waals surface area contributed by atoms with Gasteiger partial charge < -0.3 is 9.51 Å². The number of hydrogen-bond donors (Lipinski definition) is 1. The maximum absolute atomic E-state index is 12.4. The van der Waals surface area contributed by atoms with Gasteiger partial charge in [0.05, 0.1) is 12.0 Å². The van der Waals surface area contributed by atoms with Gasteiger partial charge in [-0.05, 0) is 42.0 Å². The first kappa shape index (κ1) is 17.3. The molecular weight excluding hydrogens is 441 g/mol. The van der Waals surface area contributed by atoms with Crippen molar-refractivity contribution in [3.8, 4) is 11.4 Å². The monoisotopic (exact) mass is 449 g/mol. The molecule has 8 heteroatoms. The Bertz CT molecular complexity index is 1190. The van der Waals surface area contributed by atoms with Gasteiger partial charge in [0.15, 0.2) is 0 Å². The molecular formula is C18H10BrCl2N3O2. The van der Waals surface area contributed by atoms with Crippen molar-refractivity contribution in [2.45, 2.75) is 6.42 Å². The predicted molar refractivity (Wildman–Crippen MR) is 105 cm³/mol. The van der Waals surface area contributed by atoms with Crippen LogP contribution in [0.1, 0.15) is 11.5 Å². The van der Waals surface area contributed by atoms with Gasteiger partial charge in [0.2, 0.25) is 11.7 Å². The number of fused-ring (bicyclic) bond motifs is 1.